The zero-order valence-corrected chi connectivity index (χ0v) is 14.9. The fourth-order valence-electron chi connectivity index (χ4n) is 1.96. The lowest BCUT2D eigenvalue weighted by atomic mass is 10.0. The third-order valence-corrected chi connectivity index (χ3v) is 3.51. The number of carboxylic acids is 1. The maximum absolute atomic E-state index is 11.9. The van der Waals surface area contributed by atoms with Crippen LogP contribution < -0.4 is 5.32 Å². The predicted octanol–water partition coefficient (Wildman–Crippen LogP) is 4.29. The van der Waals surface area contributed by atoms with E-state index in [4.69, 9.17) is 33.0 Å². The summed E-state index contributed by atoms with van der Waals surface area (Å²) in [5, 5.41) is 12.6. The van der Waals surface area contributed by atoms with E-state index in [-0.39, 0.29) is 12.8 Å². The molecule has 1 aromatic carbocycles. The Morgan fingerprint density at radius 2 is 1.96 bits per heavy atom. The van der Waals surface area contributed by atoms with Crippen molar-refractivity contribution >= 4 is 35.3 Å². The van der Waals surface area contributed by atoms with Gasteiger partial charge in [-0.15, -0.1) is 0 Å². The van der Waals surface area contributed by atoms with E-state index < -0.39 is 23.7 Å². The van der Waals surface area contributed by atoms with Crippen molar-refractivity contribution in [1.82, 2.24) is 5.32 Å². The van der Waals surface area contributed by atoms with Gasteiger partial charge in [-0.2, -0.15) is 0 Å². The van der Waals surface area contributed by atoms with Gasteiger partial charge in [0, 0.05) is 22.5 Å². The standard InChI is InChI=1S/C16H21Cl2NO4/c1-16(2,3)23-15(22)19-12(5-7-14(20)21)9-10-8-11(17)4-6-13(10)18/h4,6,8,12H,5,7,9H2,1-3H3,(H,19,22)(H,20,21). The summed E-state index contributed by atoms with van der Waals surface area (Å²) in [6, 6.07) is 4.62. The molecule has 0 heterocycles. The number of amides is 1. The van der Waals surface area contributed by atoms with Crippen LogP contribution in [0, 0.1) is 0 Å². The SMILES string of the molecule is CC(C)(C)OC(=O)NC(CCC(=O)O)Cc1cc(Cl)ccc1Cl. The van der Waals surface area contributed by atoms with Gasteiger partial charge < -0.3 is 15.2 Å². The highest BCUT2D eigenvalue weighted by Gasteiger charge is 2.21. The van der Waals surface area contributed by atoms with Crippen molar-refractivity contribution in [2.75, 3.05) is 0 Å². The second-order valence-electron chi connectivity index (χ2n) is 6.22. The third-order valence-electron chi connectivity index (χ3n) is 2.90. The van der Waals surface area contributed by atoms with E-state index >= 15 is 0 Å². The molecular formula is C16H21Cl2NO4. The molecule has 1 unspecified atom stereocenters. The van der Waals surface area contributed by atoms with Crippen molar-refractivity contribution < 1.29 is 19.4 Å². The zero-order valence-electron chi connectivity index (χ0n) is 13.4. The van der Waals surface area contributed by atoms with Crippen molar-refractivity contribution in [3.05, 3.63) is 33.8 Å². The van der Waals surface area contributed by atoms with E-state index in [1.165, 1.54) is 0 Å². The zero-order chi connectivity index (χ0) is 17.6. The normalized spacial score (nSPS) is 12.6. The Morgan fingerprint density at radius 1 is 1.30 bits per heavy atom. The Kier molecular flexibility index (Phi) is 7.16. The minimum Gasteiger partial charge on any atom is -0.481 e. The van der Waals surface area contributed by atoms with Crippen LogP contribution in [0.1, 0.15) is 39.2 Å². The molecule has 128 valence electrons. The quantitative estimate of drug-likeness (QED) is 0.791. The summed E-state index contributed by atoms with van der Waals surface area (Å²) in [6.45, 7) is 5.27. The van der Waals surface area contributed by atoms with E-state index in [1.807, 2.05) is 0 Å². The molecule has 0 saturated carbocycles. The maximum Gasteiger partial charge on any atom is 0.407 e. The van der Waals surface area contributed by atoms with E-state index in [2.05, 4.69) is 5.32 Å². The number of carbonyl (C=O) groups excluding carboxylic acids is 1. The fourth-order valence-corrected chi connectivity index (χ4v) is 2.35. The first-order valence-electron chi connectivity index (χ1n) is 7.22. The predicted molar refractivity (Wildman–Crippen MR) is 90.2 cm³/mol. The average molecular weight is 362 g/mol. The van der Waals surface area contributed by atoms with Gasteiger partial charge in [-0.3, -0.25) is 4.79 Å². The van der Waals surface area contributed by atoms with Gasteiger partial charge in [0.15, 0.2) is 0 Å². The van der Waals surface area contributed by atoms with Gasteiger partial charge in [-0.25, -0.2) is 4.79 Å². The third kappa shape index (κ3) is 8.09. The van der Waals surface area contributed by atoms with E-state index in [1.54, 1.807) is 39.0 Å². The summed E-state index contributed by atoms with van der Waals surface area (Å²) in [6.07, 6.45) is -0.0341. The van der Waals surface area contributed by atoms with Crippen LogP contribution in [0.3, 0.4) is 0 Å². The molecule has 0 aliphatic carbocycles. The summed E-state index contributed by atoms with van der Waals surface area (Å²) in [5.41, 5.74) is 0.111. The Hall–Kier alpha value is -1.46. The van der Waals surface area contributed by atoms with Crippen molar-refractivity contribution in [1.29, 1.82) is 0 Å². The second-order valence-corrected chi connectivity index (χ2v) is 7.06. The number of benzene rings is 1. The maximum atomic E-state index is 11.9. The van der Waals surface area contributed by atoms with Gasteiger partial charge in [0.05, 0.1) is 0 Å². The number of rotatable bonds is 6. The number of halogens is 2. The number of ether oxygens (including phenoxy) is 1. The monoisotopic (exact) mass is 361 g/mol. The minimum absolute atomic E-state index is 0.0708. The summed E-state index contributed by atoms with van der Waals surface area (Å²) >= 11 is 12.1. The molecule has 0 spiro atoms. The molecule has 1 rings (SSSR count). The number of alkyl carbamates (subject to hydrolysis) is 1. The number of carbonyl (C=O) groups is 2. The molecule has 0 aliphatic heterocycles. The second kappa shape index (κ2) is 8.41. The highest BCUT2D eigenvalue weighted by molar-refractivity contribution is 6.33. The van der Waals surface area contributed by atoms with E-state index in [0.717, 1.165) is 5.56 Å². The average Bonchev–Trinajstić information content (AvgIpc) is 2.38. The molecule has 0 fully saturated rings. The Bertz CT molecular complexity index is 570. The van der Waals surface area contributed by atoms with Gasteiger partial charge in [0.1, 0.15) is 5.60 Å². The van der Waals surface area contributed by atoms with Crippen molar-refractivity contribution in [3.8, 4) is 0 Å². The Labute approximate surface area is 145 Å². The lowest BCUT2D eigenvalue weighted by molar-refractivity contribution is -0.137. The number of carboxylic acid groups (broad SMARTS) is 1. The number of nitrogens with one attached hydrogen (secondary N) is 1. The van der Waals surface area contributed by atoms with Crippen LogP contribution in [0.25, 0.3) is 0 Å². The molecule has 7 heteroatoms. The van der Waals surface area contributed by atoms with Gasteiger partial charge in [0.2, 0.25) is 0 Å². The van der Waals surface area contributed by atoms with Gasteiger partial charge >= 0.3 is 12.1 Å². The lowest BCUT2D eigenvalue weighted by Crippen LogP contribution is -2.40. The summed E-state index contributed by atoms with van der Waals surface area (Å²) in [4.78, 5) is 22.7. The van der Waals surface area contributed by atoms with Crippen LogP contribution in [0.4, 0.5) is 4.79 Å². The van der Waals surface area contributed by atoms with Crippen molar-refractivity contribution in [3.63, 3.8) is 0 Å². The molecule has 0 bridgehead atoms. The highest BCUT2D eigenvalue weighted by atomic mass is 35.5. The summed E-state index contributed by atoms with van der Waals surface area (Å²) in [7, 11) is 0. The Balaban J connectivity index is 2.81. The topological polar surface area (TPSA) is 75.6 Å². The largest absolute Gasteiger partial charge is 0.481 e. The van der Waals surface area contributed by atoms with Gasteiger partial charge in [-0.05, 0) is 57.4 Å². The first-order valence-corrected chi connectivity index (χ1v) is 7.97. The van der Waals surface area contributed by atoms with Gasteiger partial charge in [0.25, 0.3) is 0 Å². The van der Waals surface area contributed by atoms with Crippen LogP contribution in [0.5, 0.6) is 0 Å². The van der Waals surface area contributed by atoms with Crippen LogP contribution in [-0.4, -0.2) is 28.8 Å². The molecule has 0 radical (unpaired) electrons. The van der Waals surface area contributed by atoms with E-state index in [9.17, 15) is 9.59 Å². The fraction of sp³-hybridized carbons (Fsp3) is 0.500. The molecule has 0 aromatic heterocycles. The molecule has 0 saturated heterocycles. The van der Waals surface area contributed by atoms with Gasteiger partial charge in [-0.1, -0.05) is 23.2 Å². The van der Waals surface area contributed by atoms with Crippen LogP contribution in [0.2, 0.25) is 10.0 Å². The van der Waals surface area contributed by atoms with Crippen molar-refractivity contribution in [2.24, 2.45) is 0 Å². The smallest absolute Gasteiger partial charge is 0.407 e. The van der Waals surface area contributed by atoms with Crippen LogP contribution >= 0.6 is 23.2 Å². The molecule has 23 heavy (non-hydrogen) atoms. The number of hydrogen-bond acceptors (Lipinski definition) is 3. The molecular weight excluding hydrogens is 341 g/mol. The molecule has 2 N–H and O–H groups in total. The molecule has 1 aromatic rings. The highest BCUT2D eigenvalue weighted by Crippen LogP contribution is 2.23. The minimum atomic E-state index is -0.932. The lowest BCUT2D eigenvalue weighted by Gasteiger charge is -2.24. The number of hydrogen-bond donors (Lipinski definition) is 2. The first kappa shape index (κ1) is 19.6. The molecule has 0 aliphatic rings. The molecule has 5 nitrogen and oxygen atoms in total. The summed E-state index contributed by atoms with van der Waals surface area (Å²) < 4.78 is 5.21. The Morgan fingerprint density at radius 3 is 2.52 bits per heavy atom. The van der Waals surface area contributed by atoms with E-state index in [0.29, 0.717) is 16.5 Å². The molecule has 1 amide bonds. The van der Waals surface area contributed by atoms with Crippen LogP contribution in [0.15, 0.2) is 18.2 Å². The number of aliphatic carboxylic acids is 1. The molecule has 1 atom stereocenters. The summed E-state index contributed by atoms with van der Waals surface area (Å²) in [5.74, 6) is -0.932. The van der Waals surface area contributed by atoms with Crippen molar-refractivity contribution in [2.45, 2.75) is 51.7 Å². The van der Waals surface area contributed by atoms with Crippen LogP contribution in [-0.2, 0) is 16.0 Å². The first-order chi connectivity index (χ1) is 10.6.